The smallest absolute Gasteiger partial charge is 0.158 e. The molecule has 0 amide bonds. The van der Waals surface area contributed by atoms with Gasteiger partial charge in [-0.05, 0) is 52.0 Å². The summed E-state index contributed by atoms with van der Waals surface area (Å²) in [6, 6.07) is 5.88. The summed E-state index contributed by atoms with van der Waals surface area (Å²) in [6.45, 7) is 15.8. The minimum atomic E-state index is -2.20. The molecule has 2 rings (SSSR count). The van der Waals surface area contributed by atoms with Crippen molar-refractivity contribution in [3.8, 4) is 11.5 Å². The van der Waals surface area contributed by atoms with E-state index in [0.717, 1.165) is 27.8 Å². The molecule has 0 aromatic heterocycles. The maximum atomic E-state index is 13.6. The Labute approximate surface area is 177 Å². The van der Waals surface area contributed by atoms with Crippen molar-refractivity contribution in [3.63, 3.8) is 0 Å². The van der Waals surface area contributed by atoms with E-state index in [-0.39, 0.29) is 5.78 Å². The molecular weight excluding hydrogens is 380 g/mol. The molecule has 0 aliphatic heterocycles. The summed E-state index contributed by atoms with van der Waals surface area (Å²) in [5.74, 6) is 1.68. The molecule has 162 valence electrons. The van der Waals surface area contributed by atoms with Gasteiger partial charge in [0.2, 0.25) is 0 Å². The molecule has 0 fully saturated rings. The molecule has 1 atom stereocenters. The molecule has 0 bridgehead atoms. The average Bonchev–Trinajstić information content (AvgIpc) is 2.92. The number of hydrogen-bond acceptors (Lipinski definition) is 4. The van der Waals surface area contributed by atoms with Crippen LogP contribution >= 0.6 is 0 Å². The van der Waals surface area contributed by atoms with Crippen molar-refractivity contribution in [1.29, 1.82) is 0 Å². The highest BCUT2D eigenvalue weighted by atomic mass is 28.3. The molecule has 0 N–H and O–H groups in total. The molecule has 5 heteroatoms. The Hall–Kier alpha value is -1.59. The fourth-order valence-corrected chi connectivity index (χ4v) is 12.9. The van der Waals surface area contributed by atoms with Gasteiger partial charge in [-0.25, -0.2) is 0 Å². The van der Waals surface area contributed by atoms with Gasteiger partial charge in [0.1, 0.15) is 11.5 Å². The highest BCUT2D eigenvalue weighted by Crippen LogP contribution is 2.55. The van der Waals surface area contributed by atoms with E-state index in [1.165, 1.54) is 0 Å². The van der Waals surface area contributed by atoms with Crippen LogP contribution in [0.25, 0.3) is 5.57 Å². The predicted molar refractivity (Wildman–Crippen MR) is 123 cm³/mol. The predicted octanol–water partition coefficient (Wildman–Crippen LogP) is 6.05. The lowest BCUT2D eigenvalue weighted by atomic mass is 9.91. The van der Waals surface area contributed by atoms with E-state index in [2.05, 4.69) is 41.5 Å². The summed E-state index contributed by atoms with van der Waals surface area (Å²) in [4.78, 5) is 13.6. The van der Waals surface area contributed by atoms with Gasteiger partial charge in [-0.15, -0.1) is 0 Å². The summed E-state index contributed by atoms with van der Waals surface area (Å²) in [5, 5.41) is 1.05. The second-order valence-corrected chi connectivity index (χ2v) is 15.1. The van der Waals surface area contributed by atoms with Crippen LogP contribution in [-0.2, 0) is 9.53 Å². The Morgan fingerprint density at radius 3 is 1.66 bits per heavy atom. The van der Waals surface area contributed by atoms with Gasteiger partial charge < -0.3 is 14.2 Å². The zero-order valence-electron chi connectivity index (χ0n) is 19.8. The highest BCUT2D eigenvalue weighted by Gasteiger charge is 2.55. The summed E-state index contributed by atoms with van der Waals surface area (Å²) < 4.78 is 17.1. The Kier molecular flexibility index (Phi) is 7.06. The lowest BCUT2D eigenvalue weighted by molar-refractivity contribution is -0.117. The van der Waals surface area contributed by atoms with Crippen molar-refractivity contribution in [2.45, 2.75) is 77.1 Å². The van der Waals surface area contributed by atoms with E-state index in [1.54, 1.807) is 21.3 Å². The van der Waals surface area contributed by atoms with E-state index >= 15 is 0 Å². The van der Waals surface area contributed by atoms with Crippen LogP contribution in [0, 0.1) is 0 Å². The molecule has 0 radical (unpaired) electrons. The Balaban J connectivity index is 3.00. The number of allylic oxidation sites excluding steroid dienone is 1. The SMILES string of the molecule is COc1cc(OC)cc(C2=C([Si](C(C)C)(C(C)C)C(C)C)C(=O)C[C@]2(C)OC)c1. The van der Waals surface area contributed by atoms with Gasteiger partial charge in [-0.3, -0.25) is 4.79 Å². The second kappa shape index (κ2) is 8.64. The fraction of sp³-hybridized carbons (Fsp3) is 0.625. The van der Waals surface area contributed by atoms with Crippen LogP contribution in [0.15, 0.2) is 23.4 Å². The summed E-state index contributed by atoms with van der Waals surface area (Å²) in [5.41, 5.74) is 2.64. The van der Waals surface area contributed by atoms with Crippen molar-refractivity contribution in [3.05, 3.63) is 29.0 Å². The zero-order chi connectivity index (χ0) is 22.1. The first kappa shape index (κ1) is 23.7. The number of ketones is 1. The molecular formula is C24H38O4Si. The van der Waals surface area contributed by atoms with Crippen LogP contribution in [0.5, 0.6) is 11.5 Å². The number of hydrogen-bond donors (Lipinski definition) is 0. The van der Waals surface area contributed by atoms with Crippen LogP contribution in [-0.4, -0.2) is 40.8 Å². The van der Waals surface area contributed by atoms with Crippen LogP contribution in [0.4, 0.5) is 0 Å². The maximum absolute atomic E-state index is 13.6. The first-order valence-corrected chi connectivity index (χ1v) is 12.8. The number of rotatable bonds is 8. The van der Waals surface area contributed by atoms with Gasteiger partial charge in [-0.2, -0.15) is 0 Å². The minimum Gasteiger partial charge on any atom is -0.497 e. The lowest BCUT2D eigenvalue weighted by Crippen LogP contribution is -2.48. The number of benzene rings is 1. The molecule has 0 spiro atoms. The largest absolute Gasteiger partial charge is 0.497 e. The van der Waals surface area contributed by atoms with E-state index in [4.69, 9.17) is 14.2 Å². The lowest BCUT2D eigenvalue weighted by Gasteiger charge is -2.45. The van der Waals surface area contributed by atoms with Crippen molar-refractivity contribution in [2.24, 2.45) is 0 Å². The average molecular weight is 419 g/mol. The Morgan fingerprint density at radius 2 is 1.31 bits per heavy atom. The van der Waals surface area contributed by atoms with E-state index in [9.17, 15) is 4.79 Å². The van der Waals surface area contributed by atoms with Crippen LogP contribution < -0.4 is 9.47 Å². The van der Waals surface area contributed by atoms with Crippen molar-refractivity contribution in [2.75, 3.05) is 21.3 Å². The van der Waals surface area contributed by atoms with Crippen LogP contribution in [0.1, 0.15) is 60.5 Å². The van der Waals surface area contributed by atoms with E-state index in [1.807, 2.05) is 25.1 Å². The summed E-state index contributed by atoms with van der Waals surface area (Å²) >= 11 is 0. The minimum absolute atomic E-state index is 0.244. The van der Waals surface area contributed by atoms with Gasteiger partial charge in [0.15, 0.2) is 5.78 Å². The number of Topliss-reactive ketones (excluding diaryl/α,β-unsaturated/α-hetero) is 1. The van der Waals surface area contributed by atoms with Crippen molar-refractivity contribution < 1.29 is 19.0 Å². The molecule has 4 nitrogen and oxygen atoms in total. The summed E-state index contributed by atoms with van der Waals surface area (Å²) in [6.07, 6.45) is 0.384. The molecule has 1 aliphatic carbocycles. The number of methoxy groups -OCH3 is 3. The first-order valence-electron chi connectivity index (χ1n) is 10.6. The van der Waals surface area contributed by atoms with Crippen molar-refractivity contribution >= 4 is 19.4 Å². The topological polar surface area (TPSA) is 44.8 Å². The van der Waals surface area contributed by atoms with Gasteiger partial charge in [0.05, 0.1) is 27.9 Å². The quantitative estimate of drug-likeness (QED) is 0.482. The second-order valence-electron chi connectivity index (χ2n) is 9.28. The molecule has 1 aromatic rings. The number of carbonyl (C=O) groups excluding carboxylic acids is 1. The molecule has 29 heavy (non-hydrogen) atoms. The fourth-order valence-electron chi connectivity index (χ4n) is 5.79. The first-order chi connectivity index (χ1) is 13.5. The standard InChI is InChI=1S/C24H38O4Si/c1-15(2)29(16(3)4,17(5)6)23-21(25)14-24(7,28-10)22(23)18-11-19(26-8)13-20(12-18)27-9/h11-13,15-17H,14H2,1-10H3/t24-/m0/s1. The Morgan fingerprint density at radius 1 is 0.862 bits per heavy atom. The van der Waals surface area contributed by atoms with Gasteiger partial charge in [-0.1, -0.05) is 41.5 Å². The van der Waals surface area contributed by atoms with Gasteiger partial charge in [0, 0.05) is 19.6 Å². The number of ether oxygens (including phenoxy) is 3. The van der Waals surface area contributed by atoms with Crippen LogP contribution in [0.3, 0.4) is 0 Å². The molecule has 0 saturated carbocycles. The number of carbonyl (C=O) groups is 1. The van der Waals surface area contributed by atoms with Crippen LogP contribution in [0.2, 0.25) is 16.6 Å². The normalized spacial score (nSPS) is 20.4. The monoisotopic (exact) mass is 418 g/mol. The molecule has 1 aromatic carbocycles. The molecule has 1 aliphatic rings. The highest BCUT2D eigenvalue weighted by molar-refractivity contribution is 6.94. The van der Waals surface area contributed by atoms with Crippen molar-refractivity contribution in [1.82, 2.24) is 0 Å². The molecule has 0 saturated heterocycles. The van der Waals surface area contributed by atoms with Gasteiger partial charge in [0.25, 0.3) is 0 Å². The van der Waals surface area contributed by atoms with E-state index < -0.39 is 13.7 Å². The molecule has 0 unspecified atom stereocenters. The third-order valence-electron chi connectivity index (χ3n) is 6.95. The van der Waals surface area contributed by atoms with E-state index in [0.29, 0.717) is 23.0 Å². The van der Waals surface area contributed by atoms with Gasteiger partial charge >= 0.3 is 0 Å². The molecule has 0 heterocycles. The third kappa shape index (κ3) is 3.79. The zero-order valence-corrected chi connectivity index (χ0v) is 20.8. The Bertz CT molecular complexity index is 750. The summed E-state index contributed by atoms with van der Waals surface area (Å²) in [7, 11) is 2.81. The third-order valence-corrected chi connectivity index (χ3v) is 14.1. The maximum Gasteiger partial charge on any atom is 0.158 e.